The normalized spacial score (nSPS) is 11.7. The number of aromatic nitrogens is 5. The van der Waals surface area contributed by atoms with E-state index in [4.69, 9.17) is 10.7 Å². The predicted octanol–water partition coefficient (Wildman–Crippen LogP) is 3.26. The number of rotatable bonds is 4. The number of carbonyl (C=O) groups excluding carboxylic acids is 1. The highest BCUT2D eigenvalue weighted by atomic mass is 16.2. The lowest BCUT2D eigenvalue weighted by atomic mass is 10.1. The molecule has 178 valence electrons. The summed E-state index contributed by atoms with van der Waals surface area (Å²) in [6.45, 7) is 3.72. The Labute approximate surface area is 206 Å². The molecule has 0 aliphatic carbocycles. The molecule has 0 fully saturated rings. The van der Waals surface area contributed by atoms with Crippen LogP contribution in [-0.4, -0.2) is 30.1 Å². The van der Waals surface area contributed by atoms with Gasteiger partial charge in [0, 0.05) is 24.4 Å². The molecule has 0 saturated carbocycles. The van der Waals surface area contributed by atoms with E-state index in [0.29, 0.717) is 40.0 Å². The summed E-state index contributed by atoms with van der Waals surface area (Å²) >= 11 is 0. The molecular weight excluding hydrogens is 454 g/mol. The number of hydrogen-bond acceptors (Lipinski definition) is 6. The van der Waals surface area contributed by atoms with Gasteiger partial charge in [0.15, 0.2) is 11.5 Å². The molecule has 0 spiro atoms. The smallest absolute Gasteiger partial charge is 0.267 e. The molecule has 1 amide bonds. The van der Waals surface area contributed by atoms with Gasteiger partial charge in [0.25, 0.3) is 11.5 Å². The van der Waals surface area contributed by atoms with Crippen molar-refractivity contribution in [3.8, 4) is 17.5 Å². The van der Waals surface area contributed by atoms with E-state index in [-0.39, 0.29) is 16.9 Å². The highest BCUT2D eigenvalue weighted by Gasteiger charge is 2.24. The van der Waals surface area contributed by atoms with Crippen molar-refractivity contribution in [3.05, 3.63) is 94.3 Å². The van der Waals surface area contributed by atoms with E-state index in [1.807, 2.05) is 49.4 Å². The molecule has 3 aromatic heterocycles. The molecule has 36 heavy (non-hydrogen) atoms. The van der Waals surface area contributed by atoms with Crippen LogP contribution in [0.1, 0.15) is 48.1 Å². The van der Waals surface area contributed by atoms with Crippen molar-refractivity contribution in [2.24, 2.45) is 0 Å². The van der Waals surface area contributed by atoms with Gasteiger partial charge in [0.2, 0.25) is 0 Å². The summed E-state index contributed by atoms with van der Waals surface area (Å²) in [7, 11) is 0. The van der Waals surface area contributed by atoms with Gasteiger partial charge in [-0.2, -0.15) is 0 Å². The van der Waals surface area contributed by atoms with Crippen LogP contribution >= 0.6 is 0 Å². The molecule has 2 aromatic carbocycles. The van der Waals surface area contributed by atoms with Crippen LogP contribution in [0, 0.1) is 11.8 Å². The molecule has 9 heteroatoms. The Balaban J connectivity index is 1.66. The summed E-state index contributed by atoms with van der Waals surface area (Å²) in [6, 6.07) is 15.6. The molecule has 0 unspecified atom stereocenters. The summed E-state index contributed by atoms with van der Waals surface area (Å²) in [4.78, 5) is 36.2. The Morgan fingerprint density at radius 3 is 2.72 bits per heavy atom. The second-order valence-electron chi connectivity index (χ2n) is 8.14. The largest absolute Gasteiger partial charge is 0.381 e. The number of nitrogens with two attached hydrogens (primary N) is 1. The second kappa shape index (κ2) is 9.35. The standard InChI is InChI=1S/C27H23N7O2/c1-3-4-10-18-11-8-14-20-21(18)27(36)34(19-12-6-5-7-13-19)24(31-20)17(2)30-26(35)22-23(28)32-33-16-9-15-29-25(22)33/h5-9,11-17H,3H2,1-2H3,(H2,28,32)(H,30,35)/t17-/m0/s1. The van der Waals surface area contributed by atoms with E-state index in [0.717, 1.165) is 0 Å². The second-order valence-corrected chi connectivity index (χ2v) is 8.14. The average molecular weight is 478 g/mol. The van der Waals surface area contributed by atoms with Crippen LogP contribution in [0.25, 0.3) is 22.2 Å². The first-order valence-electron chi connectivity index (χ1n) is 11.5. The molecule has 0 aliphatic heterocycles. The fourth-order valence-corrected chi connectivity index (χ4v) is 4.11. The molecule has 3 N–H and O–H groups in total. The molecule has 0 saturated heterocycles. The first kappa shape index (κ1) is 22.8. The molecule has 9 nitrogen and oxygen atoms in total. The lowest BCUT2D eigenvalue weighted by Crippen LogP contribution is -2.33. The Hall–Kier alpha value is -4.97. The lowest BCUT2D eigenvalue weighted by Gasteiger charge is -2.20. The molecule has 5 aromatic rings. The van der Waals surface area contributed by atoms with E-state index in [2.05, 4.69) is 27.2 Å². The highest BCUT2D eigenvalue weighted by Crippen LogP contribution is 2.22. The van der Waals surface area contributed by atoms with Gasteiger partial charge in [-0.05, 0) is 37.3 Å². The zero-order chi connectivity index (χ0) is 25.2. The molecule has 0 aliphatic rings. The van der Waals surface area contributed by atoms with Gasteiger partial charge < -0.3 is 11.1 Å². The van der Waals surface area contributed by atoms with Crippen molar-refractivity contribution in [1.82, 2.24) is 29.5 Å². The van der Waals surface area contributed by atoms with Crippen LogP contribution in [0.5, 0.6) is 0 Å². The molecule has 1 atom stereocenters. The minimum atomic E-state index is -0.654. The molecule has 0 bridgehead atoms. The van der Waals surface area contributed by atoms with Gasteiger partial charge in [0.05, 0.1) is 22.6 Å². The predicted molar refractivity (Wildman–Crippen MR) is 138 cm³/mol. The number of carbonyl (C=O) groups is 1. The Bertz CT molecular complexity index is 1730. The fourth-order valence-electron chi connectivity index (χ4n) is 4.11. The van der Waals surface area contributed by atoms with E-state index in [9.17, 15) is 9.59 Å². The lowest BCUT2D eigenvalue weighted by molar-refractivity contribution is 0.0940. The van der Waals surface area contributed by atoms with E-state index < -0.39 is 11.9 Å². The Kier molecular flexibility index (Phi) is 5.92. The van der Waals surface area contributed by atoms with Crippen LogP contribution in [-0.2, 0) is 0 Å². The Morgan fingerprint density at radius 2 is 1.94 bits per heavy atom. The van der Waals surface area contributed by atoms with E-state index in [1.54, 1.807) is 31.5 Å². The van der Waals surface area contributed by atoms with Crippen LogP contribution in [0.4, 0.5) is 5.82 Å². The summed E-state index contributed by atoms with van der Waals surface area (Å²) in [5, 5.41) is 7.51. The zero-order valence-corrected chi connectivity index (χ0v) is 19.8. The van der Waals surface area contributed by atoms with E-state index in [1.165, 1.54) is 9.08 Å². The fraction of sp³-hybridized carbons (Fsp3) is 0.148. The van der Waals surface area contributed by atoms with Crippen molar-refractivity contribution in [2.45, 2.75) is 26.3 Å². The van der Waals surface area contributed by atoms with Gasteiger partial charge in [0.1, 0.15) is 11.4 Å². The summed E-state index contributed by atoms with van der Waals surface area (Å²) in [5.74, 6) is 6.07. The number of para-hydroxylation sites is 1. The monoisotopic (exact) mass is 477 g/mol. The molecule has 5 rings (SSSR count). The van der Waals surface area contributed by atoms with Crippen molar-refractivity contribution in [3.63, 3.8) is 0 Å². The van der Waals surface area contributed by atoms with E-state index >= 15 is 0 Å². The minimum Gasteiger partial charge on any atom is -0.381 e. The SMILES string of the molecule is CCC#Cc1cccc2nc([C@H](C)NC(=O)c3c(N)nn4cccnc34)n(-c3ccccc3)c(=O)c12. The number of nitrogen functional groups attached to an aromatic ring is 1. The van der Waals surface area contributed by atoms with Crippen LogP contribution in [0.15, 0.2) is 71.8 Å². The number of nitrogens with zero attached hydrogens (tertiary/aromatic N) is 5. The van der Waals surface area contributed by atoms with Gasteiger partial charge >= 0.3 is 0 Å². The maximum Gasteiger partial charge on any atom is 0.267 e. The quantitative estimate of drug-likeness (QED) is 0.384. The maximum absolute atomic E-state index is 13.9. The number of anilines is 1. The summed E-state index contributed by atoms with van der Waals surface area (Å²) in [6.07, 6.45) is 3.89. The third kappa shape index (κ3) is 3.95. The van der Waals surface area contributed by atoms with Crippen LogP contribution in [0.3, 0.4) is 0 Å². The first-order valence-corrected chi connectivity index (χ1v) is 11.5. The molecule has 3 heterocycles. The average Bonchev–Trinajstić information content (AvgIpc) is 3.23. The molecule has 0 radical (unpaired) electrons. The van der Waals surface area contributed by atoms with Crippen molar-refractivity contribution >= 4 is 28.3 Å². The third-order valence-electron chi connectivity index (χ3n) is 5.72. The number of nitrogens with one attached hydrogen (secondary N) is 1. The topological polar surface area (TPSA) is 120 Å². The van der Waals surface area contributed by atoms with Crippen molar-refractivity contribution in [2.75, 3.05) is 5.73 Å². The Morgan fingerprint density at radius 1 is 1.14 bits per heavy atom. The van der Waals surface area contributed by atoms with Crippen LogP contribution in [0.2, 0.25) is 0 Å². The third-order valence-corrected chi connectivity index (χ3v) is 5.72. The first-order chi connectivity index (χ1) is 17.5. The van der Waals surface area contributed by atoms with Gasteiger partial charge in [-0.1, -0.05) is 43.0 Å². The summed E-state index contributed by atoms with van der Waals surface area (Å²) < 4.78 is 2.96. The van der Waals surface area contributed by atoms with Gasteiger partial charge in [-0.25, -0.2) is 14.5 Å². The highest BCUT2D eigenvalue weighted by molar-refractivity contribution is 6.04. The number of hydrogen-bond donors (Lipinski definition) is 2. The number of benzene rings is 2. The number of amides is 1. The zero-order valence-electron chi connectivity index (χ0n) is 19.8. The van der Waals surface area contributed by atoms with Gasteiger partial charge in [-0.15, -0.1) is 5.10 Å². The minimum absolute atomic E-state index is 0.0597. The van der Waals surface area contributed by atoms with Crippen LogP contribution < -0.4 is 16.6 Å². The summed E-state index contributed by atoms with van der Waals surface area (Å²) in [5.41, 5.74) is 8.01. The molecular formula is C27H23N7O2. The van der Waals surface area contributed by atoms with Crippen molar-refractivity contribution in [1.29, 1.82) is 0 Å². The number of fused-ring (bicyclic) bond motifs is 2. The maximum atomic E-state index is 13.9. The van der Waals surface area contributed by atoms with Gasteiger partial charge in [-0.3, -0.25) is 14.2 Å². The van der Waals surface area contributed by atoms with Crippen molar-refractivity contribution < 1.29 is 4.79 Å².